The Balaban J connectivity index is 1.73. The number of rotatable bonds is 7. The second-order valence-electron chi connectivity index (χ2n) is 6.66. The van der Waals surface area contributed by atoms with Crippen molar-refractivity contribution in [3.8, 4) is 0 Å². The van der Waals surface area contributed by atoms with Crippen LogP contribution in [0.4, 0.5) is 5.69 Å². The summed E-state index contributed by atoms with van der Waals surface area (Å²) in [6.07, 6.45) is 2.66. The van der Waals surface area contributed by atoms with Gasteiger partial charge in [-0.15, -0.1) is 0 Å². The third-order valence-electron chi connectivity index (χ3n) is 4.32. The first-order chi connectivity index (χ1) is 14.7. The number of hydrazone groups is 1. The number of carbonyl (C=O) groups excluding carboxylic acids is 1. The van der Waals surface area contributed by atoms with Crippen molar-refractivity contribution in [1.29, 1.82) is 0 Å². The Kier molecular flexibility index (Phi) is 7.48. The molecular weight excluding hydrogens is 502 g/mol. The summed E-state index contributed by atoms with van der Waals surface area (Å²) < 4.78 is 26.8. The Morgan fingerprint density at radius 2 is 1.81 bits per heavy atom. The van der Waals surface area contributed by atoms with E-state index in [2.05, 4.69) is 26.5 Å². The molecule has 160 valence electrons. The van der Waals surface area contributed by atoms with E-state index >= 15 is 0 Å². The van der Waals surface area contributed by atoms with Gasteiger partial charge in [-0.3, -0.25) is 9.10 Å². The second-order valence-corrected chi connectivity index (χ2v) is 9.89. The highest BCUT2D eigenvalue weighted by atomic mass is 79.9. The molecule has 0 fully saturated rings. The third-order valence-corrected chi connectivity index (χ3v) is 6.32. The number of amides is 1. The molecule has 3 rings (SSSR count). The van der Waals surface area contributed by atoms with Crippen LogP contribution in [0.1, 0.15) is 21.5 Å². The van der Waals surface area contributed by atoms with Gasteiger partial charge in [0, 0.05) is 15.1 Å². The highest BCUT2D eigenvalue weighted by molar-refractivity contribution is 9.10. The van der Waals surface area contributed by atoms with Crippen LogP contribution >= 0.6 is 27.5 Å². The second kappa shape index (κ2) is 10.1. The lowest BCUT2D eigenvalue weighted by atomic mass is 10.2. The standard InChI is InChI=1S/C22H19BrClN3O3S/c1-31(29,30)27(15-18-6-2-3-8-21(18)24)20-11-9-17(10-12-20)22(28)26-25-14-16-5-4-7-19(23)13-16/h2-14H,15H2,1H3,(H,26,28)/b25-14-. The molecule has 1 amide bonds. The van der Waals surface area contributed by atoms with Gasteiger partial charge in [-0.25, -0.2) is 13.8 Å². The van der Waals surface area contributed by atoms with Gasteiger partial charge < -0.3 is 0 Å². The molecule has 6 nitrogen and oxygen atoms in total. The topological polar surface area (TPSA) is 78.8 Å². The van der Waals surface area contributed by atoms with Crippen LogP contribution in [0.3, 0.4) is 0 Å². The van der Waals surface area contributed by atoms with Gasteiger partial charge >= 0.3 is 0 Å². The summed E-state index contributed by atoms with van der Waals surface area (Å²) in [7, 11) is -3.57. The largest absolute Gasteiger partial charge is 0.271 e. The van der Waals surface area contributed by atoms with E-state index in [1.807, 2.05) is 24.3 Å². The highest BCUT2D eigenvalue weighted by Crippen LogP contribution is 2.24. The predicted octanol–water partition coefficient (Wildman–Crippen LogP) is 4.83. The summed E-state index contributed by atoms with van der Waals surface area (Å²) in [5, 5.41) is 4.44. The fourth-order valence-electron chi connectivity index (χ4n) is 2.78. The van der Waals surface area contributed by atoms with Crippen molar-refractivity contribution in [3.63, 3.8) is 0 Å². The molecule has 0 aliphatic carbocycles. The van der Waals surface area contributed by atoms with Gasteiger partial charge in [-0.05, 0) is 53.6 Å². The molecule has 9 heteroatoms. The Morgan fingerprint density at radius 3 is 2.45 bits per heavy atom. The van der Waals surface area contributed by atoms with E-state index in [1.165, 1.54) is 10.5 Å². The molecule has 0 radical (unpaired) electrons. The lowest BCUT2D eigenvalue weighted by molar-refractivity contribution is 0.0955. The smallest absolute Gasteiger partial charge is 0.267 e. The van der Waals surface area contributed by atoms with Gasteiger partial charge in [0.1, 0.15) is 0 Å². The quantitative estimate of drug-likeness (QED) is 0.358. The monoisotopic (exact) mass is 519 g/mol. The van der Waals surface area contributed by atoms with Crippen LogP contribution in [0.25, 0.3) is 0 Å². The maximum Gasteiger partial charge on any atom is 0.271 e. The van der Waals surface area contributed by atoms with Gasteiger partial charge in [-0.2, -0.15) is 5.10 Å². The lowest BCUT2D eigenvalue weighted by Crippen LogP contribution is -2.29. The highest BCUT2D eigenvalue weighted by Gasteiger charge is 2.19. The van der Waals surface area contributed by atoms with E-state index < -0.39 is 15.9 Å². The van der Waals surface area contributed by atoms with Crippen molar-refractivity contribution in [1.82, 2.24) is 5.43 Å². The van der Waals surface area contributed by atoms with Crippen molar-refractivity contribution in [2.24, 2.45) is 5.10 Å². The SMILES string of the molecule is CS(=O)(=O)N(Cc1ccccc1Cl)c1ccc(C(=O)N/N=C\c2cccc(Br)c2)cc1. The summed E-state index contributed by atoms with van der Waals surface area (Å²) in [5.74, 6) is -0.408. The van der Waals surface area contributed by atoms with E-state index in [9.17, 15) is 13.2 Å². The van der Waals surface area contributed by atoms with Gasteiger partial charge in [0.25, 0.3) is 5.91 Å². The summed E-state index contributed by atoms with van der Waals surface area (Å²) in [6.45, 7) is 0.0843. The molecule has 0 atom stereocenters. The van der Waals surface area contributed by atoms with Crippen molar-refractivity contribution in [3.05, 3.63) is 99.0 Å². The zero-order valence-electron chi connectivity index (χ0n) is 16.5. The molecule has 0 aromatic heterocycles. The maximum absolute atomic E-state index is 12.3. The van der Waals surface area contributed by atoms with Gasteiger partial charge in [0.15, 0.2) is 0 Å². The number of sulfonamides is 1. The molecule has 0 saturated carbocycles. The Hall–Kier alpha value is -2.68. The Labute approximate surface area is 194 Å². The first-order valence-electron chi connectivity index (χ1n) is 9.14. The van der Waals surface area contributed by atoms with E-state index in [0.717, 1.165) is 16.3 Å². The molecule has 1 N–H and O–H groups in total. The normalized spacial score (nSPS) is 11.5. The average molecular weight is 521 g/mol. The van der Waals surface area contributed by atoms with Gasteiger partial charge in [0.2, 0.25) is 10.0 Å². The number of carbonyl (C=O) groups is 1. The van der Waals surface area contributed by atoms with Crippen molar-refractivity contribution >= 4 is 55.4 Å². The molecule has 0 saturated heterocycles. The molecule has 0 spiro atoms. The van der Waals surface area contributed by atoms with Crippen LogP contribution in [0.15, 0.2) is 82.4 Å². The first-order valence-corrected chi connectivity index (χ1v) is 12.2. The van der Waals surface area contributed by atoms with E-state index in [0.29, 0.717) is 21.8 Å². The summed E-state index contributed by atoms with van der Waals surface area (Å²) >= 11 is 9.56. The summed E-state index contributed by atoms with van der Waals surface area (Å²) in [5.41, 5.74) is 4.74. The van der Waals surface area contributed by atoms with Crippen molar-refractivity contribution in [2.45, 2.75) is 6.54 Å². The number of halogens is 2. The summed E-state index contributed by atoms with van der Waals surface area (Å²) in [4.78, 5) is 12.3. The predicted molar refractivity (Wildman–Crippen MR) is 128 cm³/mol. The van der Waals surface area contributed by atoms with Gasteiger partial charge in [-0.1, -0.05) is 57.9 Å². The molecule has 0 aliphatic rings. The van der Waals surface area contributed by atoms with Crippen molar-refractivity contribution in [2.75, 3.05) is 10.6 Å². The number of hydrogen-bond donors (Lipinski definition) is 1. The lowest BCUT2D eigenvalue weighted by Gasteiger charge is -2.23. The number of nitrogens with zero attached hydrogens (tertiary/aromatic N) is 2. The maximum atomic E-state index is 12.3. The molecular formula is C22H19BrClN3O3S. The van der Waals surface area contributed by atoms with Gasteiger partial charge in [0.05, 0.1) is 24.7 Å². The molecule has 31 heavy (non-hydrogen) atoms. The van der Waals surface area contributed by atoms with Crippen LogP contribution < -0.4 is 9.73 Å². The fraction of sp³-hybridized carbons (Fsp3) is 0.0909. The molecule has 3 aromatic carbocycles. The van der Waals surface area contributed by atoms with Crippen LogP contribution in [-0.4, -0.2) is 26.8 Å². The molecule has 0 aliphatic heterocycles. The van der Waals surface area contributed by atoms with Crippen LogP contribution in [-0.2, 0) is 16.6 Å². The third kappa shape index (κ3) is 6.40. The fourth-order valence-corrected chi connectivity index (χ4v) is 4.27. The molecule has 0 unspecified atom stereocenters. The Morgan fingerprint density at radius 1 is 1.10 bits per heavy atom. The minimum atomic E-state index is -3.57. The molecule has 3 aromatic rings. The summed E-state index contributed by atoms with van der Waals surface area (Å²) in [6, 6.07) is 20.8. The minimum absolute atomic E-state index is 0.0843. The van der Waals surface area contributed by atoms with E-state index in [-0.39, 0.29) is 6.54 Å². The zero-order chi connectivity index (χ0) is 22.4. The Bertz CT molecular complexity index is 1210. The van der Waals surface area contributed by atoms with Crippen LogP contribution in [0.2, 0.25) is 5.02 Å². The van der Waals surface area contributed by atoms with E-state index in [4.69, 9.17) is 11.6 Å². The molecule has 0 bridgehead atoms. The first kappa shape index (κ1) is 23.0. The zero-order valence-corrected chi connectivity index (χ0v) is 19.7. The average Bonchev–Trinajstić information content (AvgIpc) is 2.72. The van der Waals surface area contributed by atoms with Crippen LogP contribution in [0, 0.1) is 0 Å². The van der Waals surface area contributed by atoms with Crippen LogP contribution in [0.5, 0.6) is 0 Å². The number of benzene rings is 3. The minimum Gasteiger partial charge on any atom is -0.267 e. The number of nitrogens with one attached hydrogen (secondary N) is 1. The molecule has 0 heterocycles. The number of hydrogen-bond acceptors (Lipinski definition) is 4. The van der Waals surface area contributed by atoms with Crippen molar-refractivity contribution < 1.29 is 13.2 Å². The number of anilines is 1. The van der Waals surface area contributed by atoms with E-state index in [1.54, 1.807) is 48.5 Å².